The number of nitrogens with one attached hydrogen (secondary N) is 1. The van der Waals surface area contributed by atoms with Crippen molar-refractivity contribution in [3.8, 4) is 0 Å². The fraction of sp³-hybridized carbons (Fsp3) is 0.688. The van der Waals surface area contributed by atoms with E-state index in [0.29, 0.717) is 10.7 Å². The average molecular weight is 356 g/mol. The molecular formula is C16H25N3O2S2. The summed E-state index contributed by atoms with van der Waals surface area (Å²) >= 11 is 1.53. The lowest BCUT2D eigenvalue weighted by molar-refractivity contribution is 0.506. The average Bonchev–Trinajstić information content (AvgIpc) is 2.85. The fourth-order valence-electron chi connectivity index (χ4n) is 3.27. The Kier molecular flexibility index (Phi) is 4.80. The van der Waals surface area contributed by atoms with Gasteiger partial charge < -0.3 is 0 Å². The highest BCUT2D eigenvalue weighted by atomic mass is 32.2. The van der Waals surface area contributed by atoms with Crippen LogP contribution in [0.15, 0.2) is 11.2 Å². The van der Waals surface area contributed by atoms with Gasteiger partial charge in [0.2, 0.25) is 0 Å². The Morgan fingerprint density at radius 3 is 2.52 bits per heavy atom. The van der Waals surface area contributed by atoms with Gasteiger partial charge in [-0.25, -0.2) is 18.1 Å². The molecule has 2 aromatic heterocycles. The maximum Gasteiger partial charge on any atom is 0.258 e. The van der Waals surface area contributed by atoms with E-state index in [0.717, 1.165) is 35.5 Å². The van der Waals surface area contributed by atoms with E-state index in [9.17, 15) is 8.42 Å². The summed E-state index contributed by atoms with van der Waals surface area (Å²) in [6.45, 7) is 5.96. The van der Waals surface area contributed by atoms with Crippen molar-refractivity contribution in [2.24, 2.45) is 0 Å². The van der Waals surface area contributed by atoms with Crippen LogP contribution in [0.4, 0.5) is 0 Å². The van der Waals surface area contributed by atoms with Gasteiger partial charge in [-0.3, -0.25) is 4.40 Å². The summed E-state index contributed by atoms with van der Waals surface area (Å²) in [6.07, 6.45) is 8.35. The van der Waals surface area contributed by atoms with E-state index in [1.54, 1.807) is 4.40 Å². The van der Waals surface area contributed by atoms with E-state index >= 15 is 0 Å². The molecule has 0 atom stereocenters. The number of thiazole rings is 1. The maximum absolute atomic E-state index is 13.1. The number of aryl methyl sites for hydroxylation is 1. The van der Waals surface area contributed by atoms with Gasteiger partial charge in [-0.1, -0.05) is 39.5 Å². The molecule has 1 fully saturated rings. The van der Waals surface area contributed by atoms with E-state index in [1.807, 2.05) is 27.0 Å². The number of rotatable bonds is 4. The minimum Gasteiger partial charge on any atom is -0.279 e. The lowest BCUT2D eigenvalue weighted by Crippen LogP contribution is -2.35. The van der Waals surface area contributed by atoms with Crippen LogP contribution in [0.5, 0.6) is 0 Å². The quantitative estimate of drug-likeness (QED) is 0.848. The van der Waals surface area contributed by atoms with Crippen molar-refractivity contribution in [3.05, 3.63) is 16.8 Å². The number of hydrogen-bond donors (Lipinski definition) is 1. The molecule has 0 saturated heterocycles. The number of nitrogens with zero attached hydrogens (tertiary/aromatic N) is 2. The van der Waals surface area contributed by atoms with Crippen molar-refractivity contribution in [2.75, 3.05) is 0 Å². The third kappa shape index (κ3) is 3.46. The van der Waals surface area contributed by atoms with Crippen LogP contribution in [-0.4, -0.2) is 23.8 Å². The van der Waals surface area contributed by atoms with E-state index in [4.69, 9.17) is 0 Å². The second kappa shape index (κ2) is 6.53. The number of fused-ring (bicyclic) bond motifs is 1. The molecule has 23 heavy (non-hydrogen) atoms. The van der Waals surface area contributed by atoms with Crippen molar-refractivity contribution < 1.29 is 8.42 Å². The Morgan fingerprint density at radius 1 is 1.26 bits per heavy atom. The highest BCUT2D eigenvalue weighted by molar-refractivity contribution is 7.89. The van der Waals surface area contributed by atoms with Gasteiger partial charge in [0.15, 0.2) is 9.99 Å². The smallest absolute Gasteiger partial charge is 0.258 e. The second-order valence-electron chi connectivity index (χ2n) is 6.76. The molecule has 0 amide bonds. The number of imidazole rings is 1. The van der Waals surface area contributed by atoms with Gasteiger partial charge in [0.25, 0.3) is 10.0 Å². The van der Waals surface area contributed by atoms with Crippen LogP contribution in [0.25, 0.3) is 4.96 Å². The van der Waals surface area contributed by atoms with Gasteiger partial charge in [0.1, 0.15) is 0 Å². The molecule has 2 heterocycles. The lowest BCUT2D eigenvalue weighted by atomic mass is 10.1. The molecule has 0 aromatic carbocycles. The zero-order valence-electron chi connectivity index (χ0n) is 14.0. The minimum atomic E-state index is -3.56. The van der Waals surface area contributed by atoms with Crippen LogP contribution in [0, 0.1) is 6.92 Å². The summed E-state index contributed by atoms with van der Waals surface area (Å²) in [4.78, 5) is 6.39. The van der Waals surface area contributed by atoms with Gasteiger partial charge in [0, 0.05) is 17.1 Å². The Labute approximate surface area is 142 Å². The molecule has 0 radical (unpaired) electrons. The van der Waals surface area contributed by atoms with Crippen LogP contribution < -0.4 is 4.72 Å². The molecule has 0 spiro atoms. The fourth-order valence-corrected chi connectivity index (χ4v) is 5.90. The molecule has 2 aromatic rings. The van der Waals surface area contributed by atoms with Crippen LogP contribution in [-0.2, 0) is 10.0 Å². The number of hydrogen-bond acceptors (Lipinski definition) is 4. The second-order valence-corrected chi connectivity index (χ2v) is 9.60. The van der Waals surface area contributed by atoms with Crippen LogP contribution >= 0.6 is 11.3 Å². The van der Waals surface area contributed by atoms with Crippen molar-refractivity contribution in [2.45, 2.75) is 76.3 Å². The highest BCUT2D eigenvalue weighted by Crippen LogP contribution is 2.29. The van der Waals surface area contributed by atoms with Gasteiger partial charge in [-0.05, 0) is 25.7 Å². The molecule has 1 aliphatic rings. The Balaban J connectivity index is 2.00. The van der Waals surface area contributed by atoms with E-state index in [1.165, 1.54) is 24.2 Å². The molecule has 3 rings (SSSR count). The molecular weight excluding hydrogens is 330 g/mol. The van der Waals surface area contributed by atoms with Crippen LogP contribution in [0.1, 0.15) is 68.9 Å². The summed E-state index contributed by atoms with van der Waals surface area (Å²) in [7, 11) is -3.56. The largest absolute Gasteiger partial charge is 0.279 e. The van der Waals surface area contributed by atoms with Gasteiger partial charge in [-0.2, -0.15) is 0 Å². The first-order valence-electron chi connectivity index (χ1n) is 8.39. The zero-order valence-corrected chi connectivity index (χ0v) is 15.6. The molecule has 1 aliphatic carbocycles. The summed E-state index contributed by atoms with van der Waals surface area (Å²) in [5, 5.41) is 0.330. The third-order valence-electron chi connectivity index (χ3n) is 4.40. The Morgan fingerprint density at radius 2 is 1.91 bits per heavy atom. The van der Waals surface area contributed by atoms with Crippen LogP contribution in [0.3, 0.4) is 0 Å². The lowest BCUT2D eigenvalue weighted by Gasteiger charge is -2.17. The maximum atomic E-state index is 13.1. The van der Waals surface area contributed by atoms with E-state index < -0.39 is 10.0 Å². The summed E-state index contributed by atoms with van der Waals surface area (Å²) in [6, 6.07) is 0.0489. The molecule has 1 N–H and O–H groups in total. The first-order chi connectivity index (χ1) is 10.9. The zero-order chi connectivity index (χ0) is 16.6. The van der Waals surface area contributed by atoms with Crippen LogP contribution in [0.2, 0.25) is 0 Å². The summed E-state index contributed by atoms with van der Waals surface area (Å²) in [5.74, 6) is 0.0723. The SMILES string of the molecule is Cc1cn2c(S(=O)(=O)NC3CCCCCC3)c(C(C)C)nc2s1. The first kappa shape index (κ1) is 16.9. The molecule has 1 saturated carbocycles. The monoisotopic (exact) mass is 355 g/mol. The van der Waals surface area contributed by atoms with E-state index in [-0.39, 0.29) is 12.0 Å². The molecule has 7 heteroatoms. The van der Waals surface area contributed by atoms with Crippen molar-refractivity contribution in [1.82, 2.24) is 14.1 Å². The van der Waals surface area contributed by atoms with Crippen molar-refractivity contribution in [3.63, 3.8) is 0 Å². The van der Waals surface area contributed by atoms with E-state index in [2.05, 4.69) is 9.71 Å². The molecule has 128 valence electrons. The molecule has 0 unspecified atom stereocenters. The number of sulfonamides is 1. The van der Waals surface area contributed by atoms with Crippen molar-refractivity contribution in [1.29, 1.82) is 0 Å². The predicted octanol–water partition coefficient (Wildman–Crippen LogP) is 3.83. The highest BCUT2D eigenvalue weighted by Gasteiger charge is 2.30. The number of aromatic nitrogens is 2. The van der Waals surface area contributed by atoms with Crippen molar-refractivity contribution >= 4 is 26.3 Å². The Bertz CT molecular complexity index is 782. The molecule has 0 bridgehead atoms. The standard InChI is InChI=1S/C16H25N3O2S2/c1-11(2)14-15(19-10-12(3)22-16(19)17-14)23(20,21)18-13-8-6-4-5-7-9-13/h10-11,13,18H,4-9H2,1-3H3. The summed E-state index contributed by atoms with van der Waals surface area (Å²) in [5.41, 5.74) is 0.664. The molecule has 5 nitrogen and oxygen atoms in total. The minimum absolute atomic E-state index is 0.0489. The first-order valence-corrected chi connectivity index (χ1v) is 10.7. The normalized spacial score (nSPS) is 17.9. The van der Waals surface area contributed by atoms with Gasteiger partial charge in [-0.15, -0.1) is 11.3 Å². The predicted molar refractivity (Wildman–Crippen MR) is 93.7 cm³/mol. The third-order valence-corrected chi connectivity index (χ3v) is 6.86. The van der Waals surface area contributed by atoms with Gasteiger partial charge in [0.05, 0.1) is 5.69 Å². The molecule has 0 aliphatic heterocycles. The Hall–Kier alpha value is -0.920. The summed E-state index contributed by atoms with van der Waals surface area (Å²) < 4.78 is 30.8. The topological polar surface area (TPSA) is 63.5 Å². The van der Waals surface area contributed by atoms with Gasteiger partial charge >= 0.3 is 0 Å².